The van der Waals surface area contributed by atoms with Gasteiger partial charge in [0.25, 0.3) is 0 Å². The van der Waals surface area contributed by atoms with Crippen molar-refractivity contribution in [1.82, 2.24) is 0 Å². The summed E-state index contributed by atoms with van der Waals surface area (Å²) >= 11 is 5.82. The van der Waals surface area contributed by atoms with Crippen LogP contribution in [0.1, 0.15) is 59.5 Å². The number of halogens is 1. The van der Waals surface area contributed by atoms with Crippen LogP contribution >= 0.6 is 11.6 Å². The van der Waals surface area contributed by atoms with Crippen molar-refractivity contribution in [2.75, 3.05) is 6.61 Å². The van der Waals surface area contributed by atoms with E-state index in [9.17, 15) is 9.59 Å². The second-order valence-electron chi connectivity index (χ2n) is 6.87. The van der Waals surface area contributed by atoms with E-state index in [-0.39, 0.29) is 12.4 Å². The van der Waals surface area contributed by atoms with Gasteiger partial charge >= 0.3 is 5.97 Å². The Morgan fingerprint density at radius 2 is 1.63 bits per heavy atom. The monoisotopic (exact) mass is 382 g/mol. The molecule has 0 bridgehead atoms. The van der Waals surface area contributed by atoms with Gasteiger partial charge in [0.1, 0.15) is 0 Å². The molecule has 4 heteroatoms. The molecule has 27 heavy (non-hydrogen) atoms. The average molecular weight is 383 g/mol. The summed E-state index contributed by atoms with van der Waals surface area (Å²) in [5.74, 6) is -0.130. The van der Waals surface area contributed by atoms with Crippen LogP contribution in [0.5, 0.6) is 0 Å². The summed E-state index contributed by atoms with van der Waals surface area (Å²) in [6.45, 7) is -0.257. The third-order valence-corrected chi connectivity index (χ3v) is 5.19. The summed E-state index contributed by atoms with van der Waals surface area (Å²) in [5.41, 5.74) is 2.71. The van der Waals surface area contributed by atoms with Gasteiger partial charge in [0.05, 0.1) is 0 Å². The number of carbonyl (C=O) groups is 2. The van der Waals surface area contributed by atoms with Crippen molar-refractivity contribution in [2.24, 2.45) is 0 Å². The van der Waals surface area contributed by atoms with Crippen LogP contribution in [0.2, 0.25) is 5.02 Å². The first-order valence-electron chi connectivity index (χ1n) is 9.35. The second kappa shape index (κ2) is 9.52. The number of carbonyl (C=O) groups excluding carboxylic acids is 2. The quantitative estimate of drug-likeness (QED) is 0.359. The third-order valence-electron chi connectivity index (χ3n) is 4.94. The van der Waals surface area contributed by atoms with Crippen molar-refractivity contribution in [3.8, 4) is 0 Å². The highest BCUT2D eigenvalue weighted by Crippen LogP contribution is 2.32. The predicted octanol–water partition coefficient (Wildman–Crippen LogP) is 5.83. The van der Waals surface area contributed by atoms with Gasteiger partial charge in [-0.3, -0.25) is 4.79 Å². The molecule has 0 heterocycles. The largest absolute Gasteiger partial charge is 0.454 e. The maximum atomic E-state index is 12.2. The topological polar surface area (TPSA) is 43.4 Å². The maximum absolute atomic E-state index is 12.2. The van der Waals surface area contributed by atoms with E-state index >= 15 is 0 Å². The van der Waals surface area contributed by atoms with Crippen molar-refractivity contribution in [3.05, 3.63) is 76.3 Å². The predicted molar refractivity (Wildman–Crippen MR) is 108 cm³/mol. The molecule has 2 aromatic carbocycles. The van der Waals surface area contributed by atoms with Crippen molar-refractivity contribution in [1.29, 1.82) is 0 Å². The van der Waals surface area contributed by atoms with Gasteiger partial charge in [-0.2, -0.15) is 0 Å². The molecule has 3 rings (SSSR count). The second-order valence-corrected chi connectivity index (χ2v) is 7.31. The molecule has 0 radical (unpaired) electrons. The maximum Gasteiger partial charge on any atom is 0.331 e. The molecular formula is C23H23ClO3. The van der Waals surface area contributed by atoms with Crippen LogP contribution in [-0.4, -0.2) is 18.4 Å². The Morgan fingerprint density at radius 1 is 0.963 bits per heavy atom. The fourth-order valence-corrected chi connectivity index (χ4v) is 3.51. The van der Waals surface area contributed by atoms with Crippen molar-refractivity contribution >= 4 is 29.4 Å². The van der Waals surface area contributed by atoms with Gasteiger partial charge in [-0.25, -0.2) is 4.79 Å². The Morgan fingerprint density at radius 3 is 2.30 bits per heavy atom. The number of Topliss-reactive ketones (excluding diaryl/α,β-unsaturated/α-hetero) is 1. The van der Waals surface area contributed by atoms with E-state index < -0.39 is 5.97 Å². The van der Waals surface area contributed by atoms with Crippen LogP contribution in [-0.2, 0) is 9.53 Å². The van der Waals surface area contributed by atoms with Gasteiger partial charge < -0.3 is 4.74 Å². The molecule has 0 saturated heterocycles. The van der Waals surface area contributed by atoms with E-state index in [2.05, 4.69) is 0 Å². The zero-order valence-electron chi connectivity index (χ0n) is 15.2. The molecule has 0 amide bonds. The minimum atomic E-state index is -0.544. The molecule has 0 spiro atoms. The number of hydrogen-bond acceptors (Lipinski definition) is 3. The fourth-order valence-electron chi connectivity index (χ4n) is 3.38. The van der Waals surface area contributed by atoms with E-state index in [1.54, 1.807) is 30.3 Å². The Labute approximate surface area is 165 Å². The molecule has 0 atom stereocenters. The minimum Gasteiger partial charge on any atom is -0.454 e. The van der Waals surface area contributed by atoms with Crippen molar-refractivity contribution in [2.45, 2.75) is 38.0 Å². The minimum absolute atomic E-state index is 0.196. The van der Waals surface area contributed by atoms with Gasteiger partial charge in [0.15, 0.2) is 12.4 Å². The third kappa shape index (κ3) is 5.80. The summed E-state index contributed by atoms with van der Waals surface area (Å²) in [7, 11) is 0. The fraction of sp³-hybridized carbons (Fsp3) is 0.304. The number of rotatable bonds is 6. The molecule has 2 aromatic rings. The highest BCUT2D eigenvalue weighted by atomic mass is 35.5. The lowest BCUT2D eigenvalue weighted by molar-refractivity contribution is -0.136. The summed E-state index contributed by atoms with van der Waals surface area (Å²) < 4.78 is 5.05. The lowest BCUT2D eigenvalue weighted by atomic mass is 9.84. The summed E-state index contributed by atoms with van der Waals surface area (Å²) in [5, 5.41) is 0.634. The smallest absolute Gasteiger partial charge is 0.331 e. The standard InChI is InChI=1S/C23H23ClO3/c24-21-13-6-17(7-14-21)8-15-23(26)27-16-22(25)20-11-9-19(10-12-20)18-4-2-1-3-5-18/h6-15,18H,1-5,16H2/b15-8+. The first kappa shape index (κ1) is 19.4. The van der Waals surface area contributed by atoms with Crippen molar-refractivity contribution in [3.63, 3.8) is 0 Å². The molecule has 0 aliphatic heterocycles. The number of esters is 1. The summed E-state index contributed by atoms with van der Waals surface area (Å²) in [6.07, 6.45) is 9.28. The van der Waals surface area contributed by atoms with E-state index in [1.165, 1.54) is 43.7 Å². The Bertz CT molecular complexity index is 801. The molecule has 1 aliphatic carbocycles. The lowest BCUT2D eigenvalue weighted by Crippen LogP contribution is -2.13. The van der Waals surface area contributed by atoms with Crippen LogP contribution in [0.3, 0.4) is 0 Å². The molecule has 140 valence electrons. The Balaban J connectivity index is 1.49. The van der Waals surface area contributed by atoms with E-state index in [1.807, 2.05) is 24.3 Å². The zero-order valence-corrected chi connectivity index (χ0v) is 16.0. The molecular weight excluding hydrogens is 360 g/mol. The van der Waals surface area contributed by atoms with Gasteiger partial charge in [-0.05, 0) is 48.1 Å². The van der Waals surface area contributed by atoms with Gasteiger partial charge in [0, 0.05) is 16.7 Å². The van der Waals surface area contributed by atoms with E-state index in [0.29, 0.717) is 16.5 Å². The van der Waals surface area contributed by atoms with Crippen LogP contribution in [0, 0.1) is 0 Å². The van der Waals surface area contributed by atoms with Gasteiger partial charge in [-0.15, -0.1) is 0 Å². The molecule has 1 aliphatic rings. The van der Waals surface area contributed by atoms with E-state index in [4.69, 9.17) is 16.3 Å². The number of hydrogen-bond donors (Lipinski definition) is 0. The average Bonchev–Trinajstić information content (AvgIpc) is 2.72. The molecule has 1 fully saturated rings. The Kier molecular flexibility index (Phi) is 6.83. The van der Waals surface area contributed by atoms with Gasteiger partial charge in [-0.1, -0.05) is 67.3 Å². The number of ether oxygens (including phenoxy) is 1. The molecule has 0 aromatic heterocycles. The summed E-state index contributed by atoms with van der Waals surface area (Å²) in [4.78, 5) is 24.0. The van der Waals surface area contributed by atoms with Crippen molar-refractivity contribution < 1.29 is 14.3 Å². The molecule has 1 saturated carbocycles. The highest BCUT2D eigenvalue weighted by molar-refractivity contribution is 6.30. The number of benzene rings is 2. The van der Waals surface area contributed by atoms with E-state index in [0.717, 1.165) is 5.56 Å². The van der Waals surface area contributed by atoms with Crippen LogP contribution < -0.4 is 0 Å². The normalized spacial score (nSPS) is 15.0. The van der Waals surface area contributed by atoms with Crippen LogP contribution in [0.25, 0.3) is 6.08 Å². The number of ketones is 1. The zero-order chi connectivity index (χ0) is 19.1. The first-order chi connectivity index (χ1) is 13.1. The Hall–Kier alpha value is -2.39. The van der Waals surface area contributed by atoms with Crippen LogP contribution in [0.15, 0.2) is 54.6 Å². The first-order valence-corrected chi connectivity index (χ1v) is 9.73. The SMILES string of the molecule is O=C(/C=C/c1ccc(Cl)cc1)OCC(=O)c1ccc(C2CCCCC2)cc1. The molecule has 0 N–H and O–H groups in total. The summed E-state index contributed by atoms with van der Waals surface area (Å²) in [6, 6.07) is 14.8. The van der Waals surface area contributed by atoms with Gasteiger partial charge in [0.2, 0.25) is 0 Å². The lowest BCUT2D eigenvalue weighted by Gasteiger charge is -2.22. The molecule has 3 nitrogen and oxygen atoms in total. The highest BCUT2D eigenvalue weighted by Gasteiger charge is 2.16. The molecule has 0 unspecified atom stereocenters. The van der Waals surface area contributed by atoms with Crippen LogP contribution in [0.4, 0.5) is 0 Å².